The third-order valence-corrected chi connectivity index (χ3v) is 17.6. The van der Waals surface area contributed by atoms with E-state index >= 15 is 0 Å². The van der Waals surface area contributed by atoms with E-state index in [9.17, 15) is 40.9 Å². The van der Waals surface area contributed by atoms with Gasteiger partial charge in [-0.1, -0.05) is 39.3 Å². The van der Waals surface area contributed by atoms with Crippen molar-refractivity contribution >= 4 is 0 Å². The molecule has 4 aliphatic carbocycles. The first-order valence-electron chi connectivity index (χ1n) is 23.2. The van der Waals surface area contributed by atoms with Crippen molar-refractivity contribution in [2.45, 2.75) is 209 Å². The predicted octanol–water partition coefficient (Wildman–Crippen LogP) is 1.24. The molecule has 0 aromatic carbocycles. The topological polar surface area (TPSA) is 236 Å². The monoisotopic (exact) mass is 868 g/mol. The Hall–Kier alpha value is -0.900. The Morgan fingerprint density at radius 2 is 1.34 bits per heavy atom. The quantitative estimate of drug-likeness (QED) is 0.168. The van der Waals surface area contributed by atoms with Crippen molar-refractivity contribution in [3.8, 4) is 0 Å². The van der Waals surface area contributed by atoms with Crippen LogP contribution in [0, 0.1) is 46.3 Å². The molecule has 16 heteroatoms. The zero-order chi connectivity index (χ0) is 43.5. The van der Waals surface area contributed by atoms with E-state index in [-0.39, 0.29) is 23.0 Å². The fraction of sp³-hybridized carbons (Fsp3) is 0.956. The van der Waals surface area contributed by atoms with E-state index < -0.39 is 105 Å². The Balaban J connectivity index is 0.916. The van der Waals surface area contributed by atoms with Crippen LogP contribution in [0.25, 0.3) is 0 Å². The molecular formula is C45H72O16. The largest absolute Gasteiger partial charge is 0.394 e. The van der Waals surface area contributed by atoms with Crippen molar-refractivity contribution in [2.24, 2.45) is 46.3 Å². The molecule has 0 unspecified atom stereocenters. The van der Waals surface area contributed by atoms with E-state index in [4.69, 9.17) is 37.9 Å². The smallest absolute Gasteiger partial charge is 0.187 e. The Bertz CT molecular complexity index is 1590. The van der Waals surface area contributed by atoms with Gasteiger partial charge in [0.05, 0.1) is 37.6 Å². The molecule has 0 bridgehead atoms. The molecule has 8 fully saturated rings. The van der Waals surface area contributed by atoms with Crippen molar-refractivity contribution < 1.29 is 78.7 Å². The van der Waals surface area contributed by atoms with Gasteiger partial charge in [-0.3, -0.25) is 0 Å². The lowest BCUT2D eigenvalue weighted by Crippen LogP contribution is -2.66. The van der Waals surface area contributed by atoms with Crippen LogP contribution in [0.1, 0.15) is 99.3 Å². The molecule has 348 valence electrons. The minimum absolute atomic E-state index is 0.0171. The predicted molar refractivity (Wildman–Crippen MR) is 213 cm³/mol. The highest BCUT2D eigenvalue weighted by Crippen LogP contribution is 2.70. The van der Waals surface area contributed by atoms with E-state index in [1.54, 1.807) is 0 Å². The summed E-state index contributed by atoms with van der Waals surface area (Å²) in [6, 6.07) is 0. The maximum absolute atomic E-state index is 12.0. The molecule has 3 saturated carbocycles. The summed E-state index contributed by atoms with van der Waals surface area (Å²) in [7, 11) is 0. The Labute approximate surface area is 358 Å². The molecule has 9 aliphatic rings. The molecule has 0 amide bonds. The van der Waals surface area contributed by atoms with Gasteiger partial charge in [-0.2, -0.15) is 0 Å². The van der Waals surface area contributed by atoms with Gasteiger partial charge >= 0.3 is 0 Å². The van der Waals surface area contributed by atoms with Crippen molar-refractivity contribution in [1.82, 2.24) is 0 Å². The van der Waals surface area contributed by atoms with E-state index in [0.717, 1.165) is 45.1 Å². The fourth-order valence-corrected chi connectivity index (χ4v) is 14.0. The average Bonchev–Trinajstić information content (AvgIpc) is 3.69. The summed E-state index contributed by atoms with van der Waals surface area (Å²) in [6.45, 7) is 12.7. The van der Waals surface area contributed by atoms with Gasteiger partial charge in [0.25, 0.3) is 0 Å². The lowest BCUT2D eigenvalue weighted by molar-refractivity contribution is -0.388. The lowest BCUT2D eigenvalue weighted by Gasteiger charge is -2.58. The summed E-state index contributed by atoms with van der Waals surface area (Å²) < 4.78 is 50.1. The normalized spacial score (nSPS) is 58.4. The van der Waals surface area contributed by atoms with Gasteiger partial charge in [-0.15, -0.1) is 0 Å². The second-order valence-electron chi connectivity index (χ2n) is 21.1. The first-order valence-corrected chi connectivity index (χ1v) is 23.2. The number of aliphatic hydroxyl groups is 8. The van der Waals surface area contributed by atoms with Crippen LogP contribution in [0.3, 0.4) is 0 Å². The molecule has 9 rings (SSSR count). The molecule has 61 heavy (non-hydrogen) atoms. The van der Waals surface area contributed by atoms with Crippen LogP contribution in [0.5, 0.6) is 0 Å². The minimum Gasteiger partial charge on any atom is -0.394 e. The second-order valence-corrected chi connectivity index (χ2v) is 21.1. The third kappa shape index (κ3) is 7.42. The van der Waals surface area contributed by atoms with Crippen LogP contribution >= 0.6 is 0 Å². The van der Waals surface area contributed by atoms with Gasteiger partial charge in [-0.05, 0) is 106 Å². The summed E-state index contributed by atoms with van der Waals surface area (Å²) in [6.07, 6.45) is -10.4. The van der Waals surface area contributed by atoms with Gasteiger partial charge in [0.15, 0.2) is 24.7 Å². The van der Waals surface area contributed by atoms with Crippen LogP contribution in [-0.4, -0.2) is 164 Å². The number of rotatable bonds is 7. The summed E-state index contributed by atoms with van der Waals surface area (Å²) in [5.74, 6) is 2.64. The molecule has 16 nitrogen and oxygen atoms in total. The Kier molecular flexibility index (Phi) is 12.4. The number of allylic oxidation sites excluding steroid dienone is 1. The molecule has 1 spiro atoms. The van der Waals surface area contributed by atoms with E-state index in [2.05, 4.69) is 33.8 Å². The molecule has 26 atom stereocenters. The van der Waals surface area contributed by atoms with Crippen molar-refractivity contribution in [3.63, 3.8) is 0 Å². The summed E-state index contributed by atoms with van der Waals surface area (Å²) in [4.78, 5) is 0. The number of hydrogen-bond acceptors (Lipinski definition) is 16. The van der Waals surface area contributed by atoms with Crippen molar-refractivity contribution in [1.29, 1.82) is 0 Å². The molecule has 0 aromatic heterocycles. The number of aliphatic hydroxyl groups excluding tert-OH is 8. The van der Waals surface area contributed by atoms with Crippen LogP contribution in [0.15, 0.2) is 11.6 Å². The van der Waals surface area contributed by atoms with Gasteiger partial charge in [0.1, 0.15) is 61.0 Å². The van der Waals surface area contributed by atoms with E-state index in [1.807, 2.05) is 0 Å². The molecule has 5 heterocycles. The van der Waals surface area contributed by atoms with Gasteiger partial charge in [-0.25, -0.2) is 0 Å². The average molecular weight is 869 g/mol. The van der Waals surface area contributed by atoms with Gasteiger partial charge in [0.2, 0.25) is 0 Å². The zero-order valence-electron chi connectivity index (χ0n) is 36.5. The lowest BCUT2D eigenvalue weighted by atomic mass is 9.47. The number of ether oxygens (including phenoxy) is 8. The van der Waals surface area contributed by atoms with E-state index in [1.165, 1.54) is 25.8 Å². The van der Waals surface area contributed by atoms with Crippen LogP contribution in [0.4, 0.5) is 0 Å². The van der Waals surface area contributed by atoms with Gasteiger partial charge in [0, 0.05) is 12.3 Å². The Morgan fingerprint density at radius 3 is 1.97 bits per heavy atom. The molecule has 8 N–H and O–H groups in total. The molecule has 5 saturated heterocycles. The minimum atomic E-state index is -1.71. The van der Waals surface area contributed by atoms with E-state index in [0.29, 0.717) is 48.3 Å². The van der Waals surface area contributed by atoms with Crippen LogP contribution < -0.4 is 0 Å². The summed E-state index contributed by atoms with van der Waals surface area (Å²) in [5.41, 5.74) is 1.53. The molecule has 0 radical (unpaired) electrons. The number of fused-ring (bicyclic) bond motifs is 7. The maximum Gasteiger partial charge on any atom is 0.187 e. The fourth-order valence-electron chi connectivity index (χ4n) is 14.0. The highest BCUT2D eigenvalue weighted by Gasteiger charge is 2.69. The van der Waals surface area contributed by atoms with Crippen molar-refractivity contribution in [3.05, 3.63) is 11.6 Å². The third-order valence-electron chi connectivity index (χ3n) is 17.6. The highest BCUT2D eigenvalue weighted by molar-refractivity contribution is 5.26. The van der Waals surface area contributed by atoms with Crippen LogP contribution in [-0.2, 0) is 37.9 Å². The first kappa shape index (κ1) is 45.3. The summed E-state index contributed by atoms with van der Waals surface area (Å²) >= 11 is 0. The highest BCUT2D eigenvalue weighted by atomic mass is 16.8. The molecule has 0 aromatic rings. The number of hydrogen-bond donors (Lipinski definition) is 8. The summed E-state index contributed by atoms with van der Waals surface area (Å²) in [5, 5.41) is 85.9. The Morgan fingerprint density at radius 1 is 0.689 bits per heavy atom. The molecular weight excluding hydrogens is 796 g/mol. The standard InChI is InChI=1S/C45H72O16/c1-19-9-14-45(54-18-19)20(2)30-28(61-45)16-27-25-8-7-23-15-24(10-12-43(23,5)26(25)11-13-44(27,30)6)57-42-39(60-41-36(52)34(50)32(48)22(4)56-41)37(53)38(29(17-46)58-42)59-40-35(51)33(49)31(47)21(3)55-40/h7,19-22,24-42,46-53H,8-18H2,1-6H3/t19-,20-,21+,22+,24+,25-,26-,27+,28+,29-,30-,31+,32+,33-,34-,35+,36+,37+,38-,39+,40+,41+,42-,43+,44+,45-/m1/s1. The maximum atomic E-state index is 12.0. The molecule has 5 aliphatic heterocycles. The second kappa shape index (κ2) is 16.8. The first-order chi connectivity index (χ1) is 28.9. The van der Waals surface area contributed by atoms with Gasteiger partial charge < -0.3 is 78.7 Å². The SMILES string of the molecule is C[C@@H]1CC[C@@]2(OC1)O[C@H]1C[C@H]3[C@@H]4CC=C5C[C@@H](O[C@@H]6O[C@H](CO)[C@@H](O[C@@H]7O[C@@H](C)[C@H](O)[C@@H](O)[C@@H]7O)[C@H](O)[C@@H]6O[C@@H]6O[C@@H](C)[C@H](O)[C@@H](O)[C@@H]6O)CC[C@]5(C)[C@@H]4CC[C@]3(C)[C@@H]1[C@H]2C. The van der Waals surface area contributed by atoms with Crippen LogP contribution in [0.2, 0.25) is 0 Å². The zero-order valence-corrected chi connectivity index (χ0v) is 36.5. The van der Waals surface area contributed by atoms with Crippen molar-refractivity contribution in [2.75, 3.05) is 13.2 Å².